The molecule has 210 valence electrons. The van der Waals surface area contributed by atoms with Crippen LogP contribution in [0.1, 0.15) is 79.0 Å². The van der Waals surface area contributed by atoms with Gasteiger partial charge in [0.2, 0.25) is 11.8 Å². The molecule has 2 aliphatic rings. The van der Waals surface area contributed by atoms with E-state index in [2.05, 4.69) is 35.0 Å². The molecule has 9 heteroatoms. The number of allylic oxidation sites excluding steroid dienone is 1. The average Bonchev–Trinajstić information content (AvgIpc) is 3.43. The van der Waals surface area contributed by atoms with E-state index in [9.17, 15) is 19.5 Å². The molecule has 4 atom stereocenters. The van der Waals surface area contributed by atoms with Crippen molar-refractivity contribution < 1.29 is 19.5 Å². The van der Waals surface area contributed by atoms with Gasteiger partial charge in [0, 0.05) is 29.0 Å². The van der Waals surface area contributed by atoms with Crippen LogP contribution in [0.25, 0.3) is 4.91 Å². The molecule has 0 unspecified atom stereocenters. The minimum atomic E-state index is -0.782. The first-order valence-corrected chi connectivity index (χ1v) is 14.3. The zero-order valence-electron chi connectivity index (χ0n) is 24.0. The van der Waals surface area contributed by atoms with E-state index in [1.165, 1.54) is 15.5 Å². The summed E-state index contributed by atoms with van der Waals surface area (Å²) in [4.78, 5) is 42.3. The third kappa shape index (κ3) is 7.18. The van der Waals surface area contributed by atoms with Gasteiger partial charge in [-0.05, 0) is 30.4 Å². The van der Waals surface area contributed by atoms with Gasteiger partial charge >= 0.3 is 0 Å². The number of nitrogens with zero attached hydrogens (tertiary/aromatic N) is 1. The van der Waals surface area contributed by atoms with Crippen LogP contribution in [0.4, 0.5) is 0 Å². The predicted molar refractivity (Wildman–Crippen MR) is 153 cm³/mol. The highest BCUT2D eigenvalue weighted by atomic mass is 32.2. The van der Waals surface area contributed by atoms with E-state index < -0.39 is 29.0 Å². The number of rotatable bonds is 8. The maximum atomic E-state index is 13.7. The van der Waals surface area contributed by atoms with Gasteiger partial charge in [-0.1, -0.05) is 65.8 Å². The van der Waals surface area contributed by atoms with E-state index in [-0.39, 0.29) is 43.1 Å². The molecule has 38 heavy (non-hydrogen) atoms. The SMILES string of the molecule is CC1=C(c2ccc([C@H](C)NC(=O)[C@@H]3C[C@@H](O)CN3C(=O)[C@@H](NCC(=O)C(C)(C)C)C(C)(C)C)cc2)SCN1. The minimum Gasteiger partial charge on any atom is -0.391 e. The Bertz CT molecular complexity index is 1070. The van der Waals surface area contributed by atoms with Gasteiger partial charge in [-0.15, -0.1) is 11.8 Å². The number of amides is 2. The van der Waals surface area contributed by atoms with E-state index >= 15 is 0 Å². The van der Waals surface area contributed by atoms with E-state index in [0.29, 0.717) is 0 Å². The summed E-state index contributed by atoms with van der Waals surface area (Å²) >= 11 is 1.77. The maximum absolute atomic E-state index is 13.7. The lowest BCUT2D eigenvalue weighted by molar-refractivity contribution is -0.142. The summed E-state index contributed by atoms with van der Waals surface area (Å²) in [6.07, 6.45) is -0.603. The molecule has 3 rings (SSSR count). The molecule has 1 aromatic rings. The average molecular weight is 545 g/mol. The third-order valence-corrected chi connectivity index (χ3v) is 8.33. The van der Waals surface area contributed by atoms with Crippen LogP contribution in [0, 0.1) is 10.8 Å². The van der Waals surface area contributed by atoms with Gasteiger partial charge in [0.15, 0.2) is 5.78 Å². The van der Waals surface area contributed by atoms with E-state index in [4.69, 9.17) is 0 Å². The lowest BCUT2D eigenvalue weighted by Gasteiger charge is -2.36. The summed E-state index contributed by atoms with van der Waals surface area (Å²) in [5, 5.41) is 19.9. The van der Waals surface area contributed by atoms with Gasteiger partial charge in [-0.2, -0.15) is 0 Å². The monoisotopic (exact) mass is 544 g/mol. The molecule has 2 aliphatic heterocycles. The molecule has 0 saturated carbocycles. The molecular weight excluding hydrogens is 500 g/mol. The molecule has 0 spiro atoms. The standard InChI is InChI=1S/C29H44N4O4S/c1-17(19-9-11-20(12-10-19)24-18(2)31-16-38-24)32-26(36)22-13-21(34)15-33(22)27(37)25(29(6,7)8)30-14-23(35)28(3,4)5/h9-12,17,21-22,25,30-31,34H,13-16H2,1-8H3,(H,32,36)/t17-,21+,22-,25+/m0/s1. The Kier molecular flexibility index (Phi) is 9.37. The van der Waals surface area contributed by atoms with Crippen LogP contribution in [-0.4, -0.2) is 64.8 Å². The maximum Gasteiger partial charge on any atom is 0.243 e. The Morgan fingerprint density at radius 2 is 1.76 bits per heavy atom. The van der Waals surface area contributed by atoms with Crippen molar-refractivity contribution in [3.63, 3.8) is 0 Å². The molecule has 2 amide bonds. The van der Waals surface area contributed by atoms with Crippen molar-refractivity contribution in [2.75, 3.05) is 19.0 Å². The quantitative estimate of drug-likeness (QED) is 0.397. The zero-order chi connectivity index (χ0) is 28.4. The van der Waals surface area contributed by atoms with Crippen LogP contribution >= 0.6 is 11.8 Å². The fourth-order valence-corrected chi connectivity index (χ4v) is 5.74. The second-order valence-electron chi connectivity index (χ2n) is 12.5. The zero-order valence-corrected chi connectivity index (χ0v) is 24.8. The van der Waals surface area contributed by atoms with Crippen molar-refractivity contribution in [1.29, 1.82) is 0 Å². The van der Waals surface area contributed by atoms with E-state index in [0.717, 1.165) is 17.0 Å². The highest BCUT2D eigenvalue weighted by Gasteiger charge is 2.44. The summed E-state index contributed by atoms with van der Waals surface area (Å²) in [5.74, 6) is 0.304. The summed E-state index contributed by atoms with van der Waals surface area (Å²) in [7, 11) is 0. The molecule has 8 nitrogen and oxygen atoms in total. The van der Waals surface area contributed by atoms with Gasteiger partial charge in [-0.25, -0.2) is 0 Å². The molecule has 0 radical (unpaired) electrons. The highest BCUT2D eigenvalue weighted by molar-refractivity contribution is 8.08. The van der Waals surface area contributed by atoms with E-state index in [1.54, 1.807) is 11.8 Å². The van der Waals surface area contributed by atoms with Crippen LogP contribution in [-0.2, 0) is 14.4 Å². The van der Waals surface area contributed by atoms with Crippen LogP contribution in [0.15, 0.2) is 30.0 Å². The first-order chi connectivity index (χ1) is 17.6. The molecule has 0 aliphatic carbocycles. The van der Waals surface area contributed by atoms with Crippen molar-refractivity contribution in [1.82, 2.24) is 20.9 Å². The van der Waals surface area contributed by atoms with Crippen LogP contribution < -0.4 is 16.0 Å². The van der Waals surface area contributed by atoms with Crippen LogP contribution in [0.2, 0.25) is 0 Å². The molecule has 0 aromatic heterocycles. The first kappa shape index (κ1) is 30.2. The van der Waals surface area contributed by atoms with Crippen molar-refractivity contribution in [3.05, 3.63) is 41.1 Å². The van der Waals surface area contributed by atoms with E-state index in [1.807, 2.05) is 60.6 Å². The predicted octanol–water partition coefficient (Wildman–Crippen LogP) is 3.43. The number of ketones is 1. The number of carbonyl (C=O) groups is 3. The van der Waals surface area contributed by atoms with Gasteiger partial charge in [0.25, 0.3) is 0 Å². The molecule has 2 heterocycles. The topological polar surface area (TPSA) is 111 Å². The Morgan fingerprint density at radius 3 is 2.29 bits per heavy atom. The minimum absolute atomic E-state index is 0.00406. The molecular formula is C29H44N4O4S. The van der Waals surface area contributed by atoms with Crippen molar-refractivity contribution in [2.45, 2.75) is 86.0 Å². The number of thioether (sulfide) groups is 1. The second kappa shape index (κ2) is 11.8. The largest absolute Gasteiger partial charge is 0.391 e. The summed E-state index contributed by atoms with van der Waals surface area (Å²) < 4.78 is 0. The molecule has 0 bridgehead atoms. The number of nitrogens with one attached hydrogen (secondary N) is 3. The fraction of sp³-hybridized carbons (Fsp3) is 0.621. The lowest BCUT2D eigenvalue weighted by atomic mass is 9.84. The number of carbonyl (C=O) groups excluding carboxylic acids is 3. The Morgan fingerprint density at radius 1 is 1.13 bits per heavy atom. The normalized spacial score (nSPS) is 21.8. The van der Waals surface area contributed by atoms with Crippen molar-refractivity contribution >= 4 is 34.3 Å². The lowest BCUT2D eigenvalue weighted by Crippen LogP contribution is -2.57. The summed E-state index contributed by atoms with van der Waals surface area (Å²) in [6, 6.07) is 6.42. The molecule has 1 saturated heterocycles. The molecule has 1 fully saturated rings. The first-order valence-electron chi connectivity index (χ1n) is 13.3. The Balaban J connectivity index is 1.70. The fourth-order valence-electron chi connectivity index (χ4n) is 4.72. The number of benzene rings is 1. The van der Waals surface area contributed by atoms with Gasteiger partial charge in [-0.3, -0.25) is 19.7 Å². The summed E-state index contributed by atoms with van der Waals surface area (Å²) in [5.41, 5.74) is 2.24. The van der Waals surface area contributed by atoms with Crippen molar-refractivity contribution in [2.24, 2.45) is 10.8 Å². The number of aliphatic hydroxyl groups excluding tert-OH is 1. The number of β-amino-alcohol motifs (C(OH)–C–C–N with tert-alkyl or cyclic N) is 1. The van der Waals surface area contributed by atoms with Gasteiger partial charge in [0.1, 0.15) is 6.04 Å². The smallest absolute Gasteiger partial charge is 0.243 e. The van der Waals surface area contributed by atoms with Gasteiger partial charge in [0.05, 0.1) is 30.6 Å². The van der Waals surface area contributed by atoms with Crippen LogP contribution in [0.5, 0.6) is 0 Å². The van der Waals surface area contributed by atoms with Crippen LogP contribution in [0.3, 0.4) is 0 Å². The second-order valence-corrected chi connectivity index (χ2v) is 13.5. The summed E-state index contributed by atoms with van der Waals surface area (Å²) in [6.45, 7) is 15.4. The number of Topliss-reactive ketones (excluding diaryl/α,β-unsaturated/α-hetero) is 1. The third-order valence-electron chi connectivity index (χ3n) is 7.21. The Hall–Kier alpha value is -2.36. The number of aliphatic hydroxyl groups is 1. The highest BCUT2D eigenvalue weighted by Crippen LogP contribution is 2.34. The Labute approximate surface area is 231 Å². The van der Waals surface area contributed by atoms with Crippen molar-refractivity contribution in [3.8, 4) is 0 Å². The number of likely N-dealkylation sites (tertiary alicyclic amines) is 1. The number of hydrogen-bond donors (Lipinski definition) is 4. The molecule has 1 aromatic carbocycles. The van der Waals surface area contributed by atoms with Gasteiger partial charge < -0.3 is 20.6 Å². The molecule has 4 N–H and O–H groups in total. The number of hydrogen-bond acceptors (Lipinski definition) is 7.